The van der Waals surface area contributed by atoms with Crippen molar-refractivity contribution >= 4 is 29.2 Å². The summed E-state index contributed by atoms with van der Waals surface area (Å²) in [4.78, 5) is 20.1. The fourth-order valence-electron chi connectivity index (χ4n) is 5.13. The zero-order chi connectivity index (χ0) is 24.7. The van der Waals surface area contributed by atoms with Gasteiger partial charge < -0.3 is 20.3 Å². The summed E-state index contributed by atoms with van der Waals surface area (Å²) in [6.07, 6.45) is 1.11. The summed E-state index contributed by atoms with van der Waals surface area (Å²) in [6, 6.07) is 5.91. The van der Waals surface area contributed by atoms with Gasteiger partial charge in [-0.15, -0.1) is 0 Å². The van der Waals surface area contributed by atoms with E-state index in [1.165, 1.54) is 19.0 Å². The molecule has 1 aromatic heterocycles. The molecule has 186 valence electrons. The number of nitrogens with two attached hydrogens (primary N) is 1. The van der Waals surface area contributed by atoms with E-state index in [-0.39, 0.29) is 17.5 Å². The number of halogens is 2. The maximum absolute atomic E-state index is 13.4. The summed E-state index contributed by atoms with van der Waals surface area (Å²) in [7, 11) is 1.54. The molecule has 0 spiro atoms. The molecule has 1 saturated heterocycles. The average Bonchev–Trinajstić information content (AvgIpc) is 3.18. The van der Waals surface area contributed by atoms with Crippen LogP contribution in [0.4, 0.5) is 20.3 Å². The quantitative estimate of drug-likeness (QED) is 0.659. The fraction of sp³-hybridized carbons (Fsp3) is 0.480. The zero-order valence-electron chi connectivity index (χ0n) is 20.0. The minimum absolute atomic E-state index is 0.0542. The number of nitrogens with zero attached hydrogens (tertiary/aromatic N) is 5. The van der Waals surface area contributed by atoms with Crippen molar-refractivity contribution in [2.75, 3.05) is 38.3 Å². The van der Waals surface area contributed by atoms with Crippen LogP contribution in [0.2, 0.25) is 0 Å². The second-order valence-corrected chi connectivity index (χ2v) is 9.23. The molecule has 1 amide bonds. The highest BCUT2D eigenvalue weighted by atomic mass is 19.3. The molecule has 0 bridgehead atoms. The largest absolute Gasteiger partial charge is 0.397 e. The standard InChI is InChI=1S/C25H30F2N6O2/c1-15(34)31-9-7-22-20(12-31)25(30-33(22)18-13-35-14-18)32-8-3-4-17-10-16(5-6-21(17)32)19(11-29-2)23(28)24(26)27/h5-6,10-11,18,24H,3-4,7-9,12-14,28H2,1-2H3. The van der Waals surface area contributed by atoms with Crippen LogP contribution in [0.5, 0.6) is 0 Å². The molecule has 0 saturated carbocycles. The Morgan fingerprint density at radius 1 is 1.29 bits per heavy atom. The number of aromatic nitrogens is 2. The maximum Gasteiger partial charge on any atom is 0.278 e. The monoisotopic (exact) mass is 484 g/mol. The lowest BCUT2D eigenvalue weighted by molar-refractivity contribution is -0.129. The summed E-state index contributed by atoms with van der Waals surface area (Å²) >= 11 is 0. The molecule has 8 nitrogen and oxygen atoms in total. The molecule has 10 heteroatoms. The number of carbonyl (C=O) groups excluding carboxylic acids is 1. The third-order valence-electron chi connectivity index (χ3n) is 7.05. The summed E-state index contributed by atoms with van der Waals surface area (Å²) in [6.45, 7) is 4.88. The van der Waals surface area contributed by atoms with Crippen molar-refractivity contribution in [3.63, 3.8) is 0 Å². The number of aliphatic imine (C=N–C) groups is 1. The number of hydrogen-bond acceptors (Lipinski definition) is 6. The van der Waals surface area contributed by atoms with E-state index in [4.69, 9.17) is 15.6 Å². The molecule has 2 N–H and O–H groups in total. The van der Waals surface area contributed by atoms with Gasteiger partial charge in [0.05, 0.1) is 31.5 Å². The van der Waals surface area contributed by atoms with Crippen LogP contribution in [0.3, 0.4) is 0 Å². The minimum Gasteiger partial charge on any atom is -0.397 e. The van der Waals surface area contributed by atoms with Crippen molar-refractivity contribution < 1.29 is 18.3 Å². The molecule has 3 aliphatic rings. The maximum atomic E-state index is 13.4. The van der Waals surface area contributed by atoms with Gasteiger partial charge in [0, 0.05) is 62.2 Å². The van der Waals surface area contributed by atoms with Crippen molar-refractivity contribution in [2.24, 2.45) is 10.7 Å². The van der Waals surface area contributed by atoms with E-state index in [2.05, 4.69) is 14.6 Å². The molecule has 4 heterocycles. The number of ether oxygens (including phenoxy) is 1. The van der Waals surface area contributed by atoms with Gasteiger partial charge in [-0.3, -0.25) is 14.5 Å². The first-order valence-electron chi connectivity index (χ1n) is 11.9. The van der Waals surface area contributed by atoms with E-state index in [9.17, 15) is 13.6 Å². The fourth-order valence-corrected chi connectivity index (χ4v) is 5.13. The normalized spacial score (nSPS) is 19.0. The van der Waals surface area contributed by atoms with Gasteiger partial charge in [0.2, 0.25) is 5.91 Å². The number of allylic oxidation sites excluding steroid dienone is 2. The highest BCUT2D eigenvalue weighted by Gasteiger charge is 2.34. The van der Waals surface area contributed by atoms with Gasteiger partial charge in [-0.1, -0.05) is 6.07 Å². The van der Waals surface area contributed by atoms with Crippen molar-refractivity contribution in [1.29, 1.82) is 0 Å². The van der Waals surface area contributed by atoms with E-state index < -0.39 is 12.1 Å². The number of amides is 1. The lowest BCUT2D eigenvalue weighted by atomic mass is 9.95. The smallest absolute Gasteiger partial charge is 0.278 e. The second kappa shape index (κ2) is 9.41. The zero-order valence-corrected chi connectivity index (χ0v) is 20.0. The van der Waals surface area contributed by atoms with Crippen LogP contribution in [-0.4, -0.2) is 66.6 Å². The first-order valence-corrected chi connectivity index (χ1v) is 11.9. The molecule has 3 aliphatic heterocycles. The van der Waals surface area contributed by atoms with Crippen molar-refractivity contribution in [3.05, 3.63) is 46.3 Å². The number of alkyl halides is 2. The molecule has 0 atom stereocenters. The minimum atomic E-state index is -2.76. The van der Waals surface area contributed by atoms with E-state index >= 15 is 0 Å². The number of anilines is 2. The summed E-state index contributed by atoms with van der Waals surface area (Å²) in [5.41, 5.74) is 10.4. The number of benzene rings is 1. The van der Waals surface area contributed by atoms with Gasteiger partial charge in [-0.05, 0) is 36.1 Å². The Morgan fingerprint density at radius 3 is 2.74 bits per heavy atom. The van der Waals surface area contributed by atoms with Crippen LogP contribution < -0.4 is 10.6 Å². The molecule has 0 unspecified atom stereocenters. The molecule has 2 aromatic rings. The van der Waals surface area contributed by atoms with Crippen molar-refractivity contribution in [3.8, 4) is 0 Å². The predicted molar refractivity (Wildman–Crippen MR) is 130 cm³/mol. The number of hydrogen-bond donors (Lipinski definition) is 1. The molecule has 0 aliphatic carbocycles. The highest BCUT2D eigenvalue weighted by molar-refractivity contribution is 6.11. The number of carbonyl (C=O) groups is 1. The molecule has 1 fully saturated rings. The SMILES string of the molecule is CN=CC(=C(N)C(F)F)c1ccc2c(c1)CCCN2c1nn(C2COC2)c2c1CN(C(C)=O)CC2. The third-order valence-corrected chi connectivity index (χ3v) is 7.05. The summed E-state index contributed by atoms with van der Waals surface area (Å²) in [5, 5.41) is 5.04. The number of aryl methyl sites for hydroxylation is 1. The molecule has 0 radical (unpaired) electrons. The van der Waals surface area contributed by atoms with E-state index in [0.717, 1.165) is 48.4 Å². The van der Waals surface area contributed by atoms with Crippen LogP contribution in [-0.2, 0) is 28.9 Å². The van der Waals surface area contributed by atoms with Gasteiger partial charge in [-0.25, -0.2) is 8.78 Å². The summed E-state index contributed by atoms with van der Waals surface area (Å²) < 4.78 is 34.2. The number of fused-ring (bicyclic) bond motifs is 2. The second-order valence-electron chi connectivity index (χ2n) is 9.23. The Labute approximate surface area is 203 Å². The highest BCUT2D eigenvalue weighted by Crippen LogP contribution is 2.40. The predicted octanol–water partition coefficient (Wildman–Crippen LogP) is 3.08. The molecule has 1 aromatic carbocycles. The molecular weight excluding hydrogens is 454 g/mol. The van der Waals surface area contributed by atoms with Gasteiger partial charge in [0.1, 0.15) is 0 Å². The Balaban J connectivity index is 1.57. The average molecular weight is 485 g/mol. The first kappa shape index (κ1) is 23.5. The van der Waals surface area contributed by atoms with Gasteiger partial charge in [0.25, 0.3) is 6.43 Å². The lowest BCUT2D eigenvalue weighted by Gasteiger charge is -2.33. The number of rotatable bonds is 5. The first-order chi connectivity index (χ1) is 16.9. The van der Waals surface area contributed by atoms with Crippen LogP contribution in [0.1, 0.15) is 41.8 Å². The van der Waals surface area contributed by atoms with Crippen LogP contribution in [0.25, 0.3) is 5.57 Å². The Kier molecular flexibility index (Phi) is 6.31. The van der Waals surface area contributed by atoms with E-state index in [1.807, 2.05) is 23.1 Å². The van der Waals surface area contributed by atoms with E-state index in [0.29, 0.717) is 31.9 Å². The van der Waals surface area contributed by atoms with Crippen LogP contribution in [0.15, 0.2) is 28.9 Å². The van der Waals surface area contributed by atoms with Crippen LogP contribution >= 0.6 is 0 Å². The summed E-state index contributed by atoms with van der Waals surface area (Å²) in [5.74, 6) is 0.920. The Hall–Kier alpha value is -3.27. The van der Waals surface area contributed by atoms with E-state index in [1.54, 1.807) is 6.92 Å². The Bertz CT molecular complexity index is 1200. The van der Waals surface area contributed by atoms with Gasteiger partial charge >= 0.3 is 0 Å². The molecule has 35 heavy (non-hydrogen) atoms. The third kappa shape index (κ3) is 4.20. The molecule has 5 rings (SSSR count). The Morgan fingerprint density at radius 2 is 2.09 bits per heavy atom. The van der Waals surface area contributed by atoms with Gasteiger partial charge in [-0.2, -0.15) is 5.10 Å². The van der Waals surface area contributed by atoms with Crippen LogP contribution in [0, 0.1) is 0 Å². The van der Waals surface area contributed by atoms with Crippen molar-refractivity contribution in [1.82, 2.24) is 14.7 Å². The topological polar surface area (TPSA) is 89.0 Å². The van der Waals surface area contributed by atoms with Gasteiger partial charge in [0.15, 0.2) is 5.82 Å². The molecular formula is C25H30F2N6O2. The lowest BCUT2D eigenvalue weighted by Crippen LogP contribution is -2.37. The van der Waals surface area contributed by atoms with Crippen molar-refractivity contribution in [2.45, 2.75) is 45.2 Å².